The van der Waals surface area contributed by atoms with E-state index in [1.807, 2.05) is 78.8 Å². The monoisotopic (exact) mass is 1150 g/mol. The molecule has 1 amide bonds. The average Bonchev–Trinajstić information content (AvgIpc) is 3.31. The zero-order valence-corrected chi connectivity index (χ0v) is 53.6. The van der Waals surface area contributed by atoms with Crippen molar-refractivity contribution < 1.29 is 66.0 Å². The van der Waals surface area contributed by atoms with Crippen molar-refractivity contribution >= 4 is 54.7 Å². The van der Waals surface area contributed by atoms with E-state index in [4.69, 9.17) is 37.0 Å². The largest absolute Gasteiger partial charge is 0.456 e. The SMILES string of the molecule is CC[Si](CC)(CC)O[C@H]1C(=O)[C@]2(C)[C@@H](O[Si](CC)(CC)CC)C[C@H]3OC[C@@]3(OC(C)=O)[C@H]2[C@H](OC(=O)c2ccccc2)[C@]2(O)C[C@H](OC(=O)[C@H](O[Si](CC)(CC)CC)[C@@H](NC(=O)OC(C)(C)C)c3ccccc3)C(C)=C1C2(C)C. The molecule has 440 valence electrons. The maximum atomic E-state index is 17.2. The molecule has 79 heavy (non-hydrogen) atoms. The Morgan fingerprint density at radius 2 is 1.28 bits per heavy atom. The number of hydrogen-bond donors (Lipinski definition) is 2. The van der Waals surface area contributed by atoms with Crippen LogP contribution in [0.4, 0.5) is 4.79 Å². The molecule has 2 saturated carbocycles. The molecule has 2 aromatic rings. The van der Waals surface area contributed by atoms with Gasteiger partial charge in [0.25, 0.3) is 0 Å². The third kappa shape index (κ3) is 12.1. The molecule has 1 heterocycles. The van der Waals surface area contributed by atoms with Gasteiger partial charge in [-0.3, -0.25) is 9.59 Å². The number of carbonyl (C=O) groups excluding carboxylic acids is 5. The molecule has 1 aliphatic heterocycles. The first kappa shape index (κ1) is 64.2. The van der Waals surface area contributed by atoms with Crippen LogP contribution in [0.2, 0.25) is 54.4 Å². The van der Waals surface area contributed by atoms with Crippen molar-refractivity contribution in [3.05, 3.63) is 82.9 Å². The molecule has 0 unspecified atom stereocenters. The smallest absolute Gasteiger partial charge is 0.408 e. The first-order valence-corrected chi connectivity index (χ1v) is 37.0. The molecule has 1 saturated heterocycles. The zero-order chi connectivity index (χ0) is 58.7. The molecule has 6 rings (SSSR count). The van der Waals surface area contributed by atoms with Gasteiger partial charge in [-0.05, 0) is 118 Å². The van der Waals surface area contributed by atoms with E-state index in [2.05, 4.69) is 46.9 Å². The molecule has 0 spiro atoms. The molecule has 2 bridgehead atoms. The average molecular weight is 1150 g/mol. The number of carbonyl (C=O) groups is 5. The van der Waals surface area contributed by atoms with Crippen LogP contribution in [-0.2, 0) is 51.3 Å². The van der Waals surface area contributed by atoms with E-state index < -0.39 is 125 Å². The van der Waals surface area contributed by atoms with Gasteiger partial charge in [-0.15, -0.1) is 0 Å². The van der Waals surface area contributed by atoms with Crippen LogP contribution < -0.4 is 5.32 Å². The summed E-state index contributed by atoms with van der Waals surface area (Å²) in [5, 5.41) is 17.7. The number of benzene rings is 2. The van der Waals surface area contributed by atoms with Crippen LogP contribution in [0.3, 0.4) is 0 Å². The Labute approximate surface area is 474 Å². The van der Waals surface area contributed by atoms with Crippen molar-refractivity contribution in [1.82, 2.24) is 5.32 Å². The number of hydrogen-bond acceptors (Lipinski definition) is 14. The lowest BCUT2D eigenvalue weighted by Gasteiger charge is -2.68. The number of rotatable bonds is 23. The van der Waals surface area contributed by atoms with E-state index in [9.17, 15) is 14.7 Å². The highest BCUT2D eigenvalue weighted by molar-refractivity contribution is 6.74. The predicted octanol–water partition coefficient (Wildman–Crippen LogP) is 12.3. The number of aliphatic hydroxyl groups is 1. The van der Waals surface area contributed by atoms with E-state index in [0.29, 0.717) is 53.0 Å². The van der Waals surface area contributed by atoms with Crippen molar-refractivity contribution in [1.29, 1.82) is 0 Å². The van der Waals surface area contributed by atoms with Gasteiger partial charge in [0.15, 0.2) is 42.4 Å². The second-order valence-electron chi connectivity index (χ2n) is 24.6. The fraction of sp³-hybridized carbons (Fsp3) is 0.689. The van der Waals surface area contributed by atoms with Gasteiger partial charge >= 0.3 is 24.0 Å². The van der Waals surface area contributed by atoms with E-state index in [0.717, 1.165) is 18.1 Å². The van der Waals surface area contributed by atoms with Crippen LogP contribution in [0.25, 0.3) is 0 Å². The molecule has 11 atom stereocenters. The number of esters is 3. The summed E-state index contributed by atoms with van der Waals surface area (Å²) in [6.45, 7) is 32.6. The van der Waals surface area contributed by atoms with E-state index in [1.165, 1.54) is 6.92 Å². The number of Topliss-reactive ketones (excluding diaryl/α,β-unsaturated/α-hetero) is 1. The van der Waals surface area contributed by atoms with Gasteiger partial charge in [0.05, 0.1) is 35.6 Å². The van der Waals surface area contributed by atoms with Gasteiger partial charge in [0, 0.05) is 25.2 Å². The summed E-state index contributed by atoms with van der Waals surface area (Å²) in [6, 6.07) is 22.7. The lowest BCUT2D eigenvalue weighted by atomic mass is 9.44. The van der Waals surface area contributed by atoms with Gasteiger partial charge in [-0.2, -0.15) is 0 Å². The third-order valence-corrected chi connectivity index (χ3v) is 33.3. The topological polar surface area (TPSA) is 191 Å². The molecule has 3 fully saturated rings. The second-order valence-corrected chi connectivity index (χ2v) is 38.8. The fourth-order valence-corrected chi connectivity index (χ4v) is 22.2. The van der Waals surface area contributed by atoms with Crippen LogP contribution in [-0.4, -0.2) is 120 Å². The Morgan fingerprint density at radius 1 is 0.759 bits per heavy atom. The Bertz CT molecular complexity index is 2480. The first-order chi connectivity index (χ1) is 37.1. The number of nitrogens with one attached hydrogen (secondary N) is 1. The molecule has 3 aliphatic carbocycles. The molecule has 4 aliphatic rings. The van der Waals surface area contributed by atoms with Crippen molar-refractivity contribution in [2.75, 3.05) is 6.61 Å². The number of amides is 1. The minimum atomic E-state index is -2.82. The first-order valence-electron chi connectivity index (χ1n) is 29.4. The maximum absolute atomic E-state index is 17.2. The van der Waals surface area contributed by atoms with Gasteiger partial charge < -0.3 is 47.4 Å². The molecular formula is C61H95NO14Si3. The summed E-state index contributed by atoms with van der Waals surface area (Å²) in [6.07, 6.45) is -8.28. The molecule has 18 heteroatoms. The molecule has 2 aromatic carbocycles. The lowest BCUT2D eigenvalue weighted by Crippen LogP contribution is -2.82. The third-order valence-electron chi connectivity index (χ3n) is 19.4. The summed E-state index contributed by atoms with van der Waals surface area (Å²) >= 11 is 0. The highest BCUT2D eigenvalue weighted by Gasteiger charge is 2.79. The van der Waals surface area contributed by atoms with Crippen LogP contribution in [0.5, 0.6) is 0 Å². The van der Waals surface area contributed by atoms with Gasteiger partial charge in [0.2, 0.25) is 0 Å². The van der Waals surface area contributed by atoms with Gasteiger partial charge in [-0.25, -0.2) is 14.4 Å². The van der Waals surface area contributed by atoms with E-state index in [1.54, 1.807) is 51.1 Å². The zero-order valence-electron chi connectivity index (χ0n) is 50.6. The van der Waals surface area contributed by atoms with Gasteiger partial charge in [0.1, 0.15) is 35.6 Å². The molecule has 0 aromatic heterocycles. The Hall–Kier alpha value is -4.02. The van der Waals surface area contributed by atoms with Crippen molar-refractivity contribution in [2.45, 2.75) is 244 Å². The summed E-state index contributed by atoms with van der Waals surface area (Å²) in [7, 11) is -8.17. The summed E-state index contributed by atoms with van der Waals surface area (Å²) in [4.78, 5) is 75.9. The fourth-order valence-electron chi connectivity index (χ4n) is 13.7. The minimum Gasteiger partial charge on any atom is -0.456 e. The van der Waals surface area contributed by atoms with E-state index >= 15 is 14.4 Å². The Kier molecular flexibility index (Phi) is 20.2. The highest BCUT2D eigenvalue weighted by Crippen LogP contribution is 2.65. The number of ether oxygens (including phenoxy) is 5. The standard InChI is InChI=1S/C61H95NO14Si3/c1-18-77(19-2,20-3)74-45-37-46-60(39-69-46,72-41(11)63)51-53(71-54(65)43-35-31-28-32-36-43)61(68)38-44(40(10)47(58(61,15)16)49(52(64)59(45,51)17)75-78(21-4,22-5)23-6)70-55(66)50(76-79(24-7,25-8)26-9)48(42-33-29-27-30-34-42)62-56(67)73-57(12,13)14/h27-36,44-46,48-51,53,68H,18-26,37-39H2,1-17H3,(H,62,67)/t44-,45-,46+,48-,49+,50+,51-,53-,59+,60-,61+/m0/s1. The van der Waals surface area contributed by atoms with Crippen LogP contribution in [0.1, 0.15) is 153 Å². The maximum Gasteiger partial charge on any atom is 0.408 e. The molecular weight excluding hydrogens is 1050 g/mol. The summed E-state index contributed by atoms with van der Waals surface area (Å²) in [5.41, 5.74) is -6.18. The van der Waals surface area contributed by atoms with Crippen LogP contribution in [0.15, 0.2) is 71.8 Å². The minimum absolute atomic E-state index is 0.156. The van der Waals surface area contributed by atoms with Crippen LogP contribution >= 0.6 is 0 Å². The number of alkyl carbamates (subject to hydrolysis) is 1. The van der Waals surface area contributed by atoms with Gasteiger partial charge in [-0.1, -0.05) is 125 Å². The quantitative estimate of drug-likeness (QED) is 0.0462. The van der Waals surface area contributed by atoms with Crippen molar-refractivity contribution in [2.24, 2.45) is 16.7 Å². The second kappa shape index (κ2) is 24.8. The highest BCUT2D eigenvalue weighted by atomic mass is 28.4. The Morgan fingerprint density at radius 3 is 1.76 bits per heavy atom. The molecule has 0 radical (unpaired) electrons. The normalized spacial score (nSPS) is 28.6. The summed E-state index contributed by atoms with van der Waals surface area (Å²) in [5.74, 6) is -3.89. The molecule has 15 nitrogen and oxygen atoms in total. The summed E-state index contributed by atoms with van der Waals surface area (Å²) < 4.78 is 55.1. The lowest BCUT2D eigenvalue weighted by molar-refractivity contribution is -0.344. The number of ketones is 1. The predicted molar refractivity (Wildman–Crippen MR) is 312 cm³/mol. The van der Waals surface area contributed by atoms with Crippen molar-refractivity contribution in [3.63, 3.8) is 0 Å². The number of fused-ring (bicyclic) bond motifs is 5. The van der Waals surface area contributed by atoms with Crippen LogP contribution in [0, 0.1) is 16.7 Å². The van der Waals surface area contributed by atoms with Crippen molar-refractivity contribution in [3.8, 4) is 0 Å². The Balaban J connectivity index is 1.71. The molecule has 2 N–H and O–H groups in total. The van der Waals surface area contributed by atoms with E-state index in [-0.39, 0.29) is 30.8 Å².